The highest BCUT2D eigenvalue weighted by molar-refractivity contribution is 5.79. The number of nitrogens with one attached hydrogen (secondary N) is 2. The molecule has 0 aliphatic rings. The van der Waals surface area contributed by atoms with E-state index in [1.165, 1.54) is 11.1 Å². The SMILES string of the molecule is CCNC(=NCCc1nccn1Cc1ccccc1)NCCc1ccccc1OC. The molecule has 3 rings (SSSR count). The van der Waals surface area contributed by atoms with Crippen LogP contribution < -0.4 is 15.4 Å². The van der Waals surface area contributed by atoms with Crippen LogP contribution in [0.15, 0.2) is 72.0 Å². The molecule has 0 unspecified atom stereocenters. The molecule has 30 heavy (non-hydrogen) atoms. The largest absolute Gasteiger partial charge is 0.496 e. The fourth-order valence-electron chi connectivity index (χ4n) is 3.33. The van der Waals surface area contributed by atoms with Crippen molar-refractivity contribution < 1.29 is 4.74 Å². The second-order valence-corrected chi connectivity index (χ2v) is 6.96. The van der Waals surface area contributed by atoms with Crippen molar-refractivity contribution >= 4 is 5.96 Å². The molecule has 0 spiro atoms. The normalized spacial score (nSPS) is 11.3. The van der Waals surface area contributed by atoms with Gasteiger partial charge in [-0.2, -0.15) is 0 Å². The zero-order valence-electron chi connectivity index (χ0n) is 17.8. The highest BCUT2D eigenvalue weighted by atomic mass is 16.5. The van der Waals surface area contributed by atoms with Crippen LogP contribution in [-0.4, -0.2) is 42.3 Å². The minimum absolute atomic E-state index is 0.676. The van der Waals surface area contributed by atoms with Crippen LogP contribution in [-0.2, 0) is 19.4 Å². The molecule has 2 N–H and O–H groups in total. The zero-order chi connectivity index (χ0) is 21.0. The molecule has 0 fully saturated rings. The van der Waals surface area contributed by atoms with E-state index in [2.05, 4.69) is 57.4 Å². The van der Waals surface area contributed by atoms with E-state index in [1.54, 1.807) is 7.11 Å². The predicted molar refractivity (Wildman–Crippen MR) is 122 cm³/mol. The van der Waals surface area contributed by atoms with E-state index in [0.717, 1.165) is 50.0 Å². The summed E-state index contributed by atoms with van der Waals surface area (Å²) < 4.78 is 7.61. The molecule has 1 heterocycles. The van der Waals surface area contributed by atoms with Crippen LogP contribution in [0.4, 0.5) is 0 Å². The van der Waals surface area contributed by atoms with Crippen LogP contribution in [0, 0.1) is 0 Å². The molecule has 0 radical (unpaired) electrons. The standard InChI is InChI=1S/C24H31N5O/c1-3-25-24(27-15-13-21-11-7-8-12-22(21)30-2)28-16-14-23-26-17-18-29(23)19-20-9-5-4-6-10-20/h4-12,17-18H,3,13-16,19H2,1-2H3,(H2,25,27,28). The van der Waals surface area contributed by atoms with E-state index < -0.39 is 0 Å². The molecule has 2 aromatic carbocycles. The lowest BCUT2D eigenvalue weighted by Gasteiger charge is -2.13. The number of nitrogens with zero attached hydrogens (tertiary/aromatic N) is 3. The molecule has 0 saturated heterocycles. The lowest BCUT2D eigenvalue weighted by atomic mass is 10.1. The first-order valence-corrected chi connectivity index (χ1v) is 10.5. The van der Waals surface area contributed by atoms with E-state index in [4.69, 9.17) is 9.73 Å². The van der Waals surface area contributed by atoms with Gasteiger partial charge in [0, 0.05) is 45.0 Å². The average Bonchev–Trinajstić information content (AvgIpc) is 3.21. The summed E-state index contributed by atoms with van der Waals surface area (Å²) in [6, 6.07) is 18.6. The van der Waals surface area contributed by atoms with Crippen molar-refractivity contribution in [1.82, 2.24) is 20.2 Å². The Morgan fingerprint density at radius 1 is 1.03 bits per heavy atom. The summed E-state index contributed by atoms with van der Waals surface area (Å²) in [5.41, 5.74) is 2.46. The number of imidazole rings is 1. The Hall–Kier alpha value is -3.28. The van der Waals surface area contributed by atoms with Crippen LogP contribution in [0.2, 0.25) is 0 Å². The van der Waals surface area contributed by atoms with Gasteiger partial charge in [-0.1, -0.05) is 48.5 Å². The van der Waals surface area contributed by atoms with Crippen LogP contribution in [0.5, 0.6) is 5.75 Å². The molecule has 158 valence electrons. The number of aromatic nitrogens is 2. The quantitative estimate of drug-likeness (QED) is 0.401. The second kappa shape index (κ2) is 11.7. The Balaban J connectivity index is 1.52. The number of hydrogen-bond acceptors (Lipinski definition) is 3. The summed E-state index contributed by atoms with van der Waals surface area (Å²) >= 11 is 0. The minimum atomic E-state index is 0.676. The van der Waals surface area contributed by atoms with Gasteiger partial charge in [-0.05, 0) is 30.5 Å². The third kappa shape index (κ3) is 6.37. The molecule has 0 amide bonds. The highest BCUT2D eigenvalue weighted by Gasteiger charge is 2.05. The molecule has 0 saturated carbocycles. The Morgan fingerprint density at radius 3 is 2.63 bits per heavy atom. The van der Waals surface area contributed by atoms with E-state index in [-0.39, 0.29) is 0 Å². The second-order valence-electron chi connectivity index (χ2n) is 6.96. The summed E-state index contributed by atoms with van der Waals surface area (Å²) in [5, 5.41) is 6.72. The molecular formula is C24H31N5O. The zero-order valence-corrected chi connectivity index (χ0v) is 17.8. The fraction of sp³-hybridized carbons (Fsp3) is 0.333. The summed E-state index contributed by atoms with van der Waals surface area (Å²) in [5.74, 6) is 2.80. The van der Waals surface area contributed by atoms with Crippen molar-refractivity contribution in [1.29, 1.82) is 0 Å². The van der Waals surface area contributed by atoms with Gasteiger partial charge in [0.25, 0.3) is 0 Å². The van der Waals surface area contributed by atoms with Gasteiger partial charge in [0.15, 0.2) is 5.96 Å². The lowest BCUT2D eigenvalue weighted by molar-refractivity contribution is 0.409. The number of rotatable bonds is 10. The van der Waals surface area contributed by atoms with Gasteiger partial charge in [-0.25, -0.2) is 4.98 Å². The van der Waals surface area contributed by atoms with E-state index >= 15 is 0 Å². The maximum absolute atomic E-state index is 5.43. The van der Waals surface area contributed by atoms with Gasteiger partial charge in [-0.3, -0.25) is 4.99 Å². The maximum atomic E-state index is 5.43. The number of aliphatic imine (C=N–C) groups is 1. The molecule has 6 nitrogen and oxygen atoms in total. The van der Waals surface area contributed by atoms with E-state index in [1.807, 2.05) is 36.7 Å². The number of hydrogen-bond donors (Lipinski definition) is 2. The Bertz CT molecular complexity index is 920. The summed E-state index contributed by atoms with van der Waals surface area (Å²) in [7, 11) is 1.71. The topological polar surface area (TPSA) is 63.5 Å². The first kappa shape index (κ1) is 21.4. The van der Waals surface area contributed by atoms with Crippen LogP contribution >= 0.6 is 0 Å². The Kier molecular flexibility index (Phi) is 8.33. The summed E-state index contributed by atoms with van der Waals surface area (Å²) in [4.78, 5) is 9.24. The molecule has 6 heteroatoms. The van der Waals surface area contributed by atoms with E-state index in [0.29, 0.717) is 6.54 Å². The molecule has 0 bridgehead atoms. The lowest BCUT2D eigenvalue weighted by Crippen LogP contribution is -2.38. The molecular weight excluding hydrogens is 374 g/mol. The van der Waals surface area contributed by atoms with Crippen molar-refractivity contribution in [2.24, 2.45) is 4.99 Å². The Morgan fingerprint density at radius 2 is 1.83 bits per heavy atom. The van der Waals surface area contributed by atoms with Crippen LogP contribution in [0.3, 0.4) is 0 Å². The highest BCUT2D eigenvalue weighted by Crippen LogP contribution is 2.17. The molecule has 0 aliphatic carbocycles. The number of ether oxygens (including phenoxy) is 1. The van der Waals surface area contributed by atoms with Gasteiger partial charge in [0.2, 0.25) is 0 Å². The van der Waals surface area contributed by atoms with Crippen molar-refractivity contribution in [2.75, 3.05) is 26.7 Å². The van der Waals surface area contributed by atoms with Gasteiger partial charge in [0.05, 0.1) is 7.11 Å². The number of benzene rings is 2. The molecule has 0 atom stereocenters. The number of guanidine groups is 1. The molecule has 0 aliphatic heterocycles. The smallest absolute Gasteiger partial charge is 0.191 e. The number of methoxy groups -OCH3 is 1. The average molecular weight is 406 g/mol. The third-order valence-electron chi connectivity index (χ3n) is 4.83. The van der Waals surface area contributed by atoms with Gasteiger partial charge < -0.3 is 19.9 Å². The maximum Gasteiger partial charge on any atom is 0.191 e. The first-order valence-electron chi connectivity index (χ1n) is 10.5. The van der Waals surface area contributed by atoms with Crippen molar-refractivity contribution in [3.63, 3.8) is 0 Å². The van der Waals surface area contributed by atoms with Gasteiger partial charge in [0.1, 0.15) is 11.6 Å². The van der Waals surface area contributed by atoms with Crippen molar-refractivity contribution in [3.8, 4) is 5.75 Å². The summed E-state index contributed by atoms with van der Waals surface area (Å²) in [6.07, 6.45) is 5.56. The van der Waals surface area contributed by atoms with Crippen LogP contribution in [0.25, 0.3) is 0 Å². The van der Waals surface area contributed by atoms with Crippen molar-refractivity contribution in [3.05, 3.63) is 83.9 Å². The minimum Gasteiger partial charge on any atom is -0.496 e. The van der Waals surface area contributed by atoms with Crippen LogP contribution in [0.1, 0.15) is 23.9 Å². The Labute approximate surface area is 179 Å². The first-order chi connectivity index (χ1) is 14.8. The number of para-hydroxylation sites is 1. The van der Waals surface area contributed by atoms with Gasteiger partial charge >= 0.3 is 0 Å². The molecule has 1 aromatic heterocycles. The van der Waals surface area contributed by atoms with E-state index in [9.17, 15) is 0 Å². The summed E-state index contributed by atoms with van der Waals surface area (Å²) in [6.45, 7) is 5.19. The van der Waals surface area contributed by atoms with Crippen molar-refractivity contribution in [2.45, 2.75) is 26.3 Å². The molecule has 3 aromatic rings. The monoisotopic (exact) mass is 405 g/mol. The van der Waals surface area contributed by atoms with Gasteiger partial charge in [-0.15, -0.1) is 0 Å². The fourth-order valence-corrected chi connectivity index (χ4v) is 3.33. The third-order valence-corrected chi connectivity index (χ3v) is 4.83. The predicted octanol–water partition coefficient (Wildman–Crippen LogP) is 3.28.